The lowest BCUT2D eigenvalue weighted by molar-refractivity contribution is -0.117. The predicted molar refractivity (Wildman–Crippen MR) is 91.7 cm³/mol. The van der Waals surface area contributed by atoms with Gasteiger partial charge >= 0.3 is 0 Å². The van der Waals surface area contributed by atoms with Crippen molar-refractivity contribution >= 4 is 11.6 Å². The number of carbonyl (C=O) groups excluding carboxylic acids is 1. The van der Waals surface area contributed by atoms with E-state index in [1.165, 1.54) is 12.1 Å². The quantitative estimate of drug-likeness (QED) is 0.719. The van der Waals surface area contributed by atoms with Crippen LogP contribution < -0.4 is 4.90 Å². The Balaban J connectivity index is 1.74. The van der Waals surface area contributed by atoms with Crippen LogP contribution >= 0.6 is 0 Å². The van der Waals surface area contributed by atoms with Gasteiger partial charge in [-0.2, -0.15) is 5.10 Å². The Morgan fingerprint density at radius 2 is 1.83 bits per heavy atom. The summed E-state index contributed by atoms with van der Waals surface area (Å²) in [6.45, 7) is 2.42. The van der Waals surface area contributed by atoms with Gasteiger partial charge in [-0.1, -0.05) is 18.2 Å². The van der Waals surface area contributed by atoms with Gasteiger partial charge in [0, 0.05) is 18.4 Å². The van der Waals surface area contributed by atoms with Gasteiger partial charge in [0.15, 0.2) is 0 Å². The van der Waals surface area contributed by atoms with Gasteiger partial charge < -0.3 is 4.90 Å². The molecule has 0 spiro atoms. The normalized spacial score (nSPS) is 10.6. The molecule has 2 aromatic carbocycles. The number of likely N-dealkylation sites (N-methyl/N-ethyl adjacent to an activating group) is 1. The van der Waals surface area contributed by atoms with Crippen LogP contribution in [0.5, 0.6) is 0 Å². The summed E-state index contributed by atoms with van der Waals surface area (Å²) in [5, 5.41) is 4.31. The molecule has 1 heterocycles. The standard InChI is InChI=1S/C19H18FN3O/c1-2-22(17-10-8-16(20)9-11-17)19(24)12-15-13-21-23(14-15)18-6-4-3-5-7-18/h3-11,13-14H,2,12H2,1H3. The molecule has 4 nitrogen and oxygen atoms in total. The first-order valence-electron chi connectivity index (χ1n) is 7.82. The van der Waals surface area contributed by atoms with Crippen LogP contribution in [0.15, 0.2) is 67.0 Å². The largest absolute Gasteiger partial charge is 0.312 e. The number of halogens is 1. The highest BCUT2D eigenvalue weighted by Crippen LogP contribution is 2.16. The van der Waals surface area contributed by atoms with Crippen molar-refractivity contribution < 1.29 is 9.18 Å². The van der Waals surface area contributed by atoms with Gasteiger partial charge in [-0.15, -0.1) is 0 Å². The van der Waals surface area contributed by atoms with Crippen LogP contribution in [0.2, 0.25) is 0 Å². The number of hydrogen-bond acceptors (Lipinski definition) is 2. The predicted octanol–water partition coefficient (Wildman–Crippen LogP) is 3.61. The molecule has 0 saturated carbocycles. The summed E-state index contributed by atoms with van der Waals surface area (Å²) in [6, 6.07) is 15.7. The van der Waals surface area contributed by atoms with Crippen molar-refractivity contribution in [2.75, 3.05) is 11.4 Å². The third-order valence-electron chi connectivity index (χ3n) is 3.77. The number of amides is 1. The lowest BCUT2D eigenvalue weighted by Gasteiger charge is -2.20. The number of nitrogens with zero attached hydrogens (tertiary/aromatic N) is 3. The van der Waals surface area contributed by atoms with Crippen molar-refractivity contribution in [3.63, 3.8) is 0 Å². The summed E-state index contributed by atoms with van der Waals surface area (Å²) in [6.07, 6.45) is 3.80. The fraction of sp³-hybridized carbons (Fsp3) is 0.158. The summed E-state index contributed by atoms with van der Waals surface area (Å²) >= 11 is 0. The summed E-state index contributed by atoms with van der Waals surface area (Å²) in [4.78, 5) is 14.2. The van der Waals surface area contributed by atoms with Gasteiger partial charge in [0.05, 0.1) is 18.3 Å². The van der Waals surface area contributed by atoms with Crippen molar-refractivity contribution in [2.45, 2.75) is 13.3 Å². The van der Waals surface area contributed by atoms with Gasteiger partial charge in [0.25, 0.3) is 0 Å². The Labute approximate surface area is 140 Å². The number of carbonyl (C=O) groups is 1. The first-order valence-corrected chi connectivity index (χ1v) is 7.82. The van der Waals surface area contributed by atoms with E-state index >= 15 is 0 Å². The SMILES string of the molecule is CCN(C(=O)Cc1cnn(-c2ccccc2)c1)c1ccc(F)cc1. The maximum absolute atomic E-state index is 13.1. The molecule has 0 fully saturated rings. The van der Waals surface area contributed by atoms with E-state index in [2.05, 4.69) is 5.10 Å². The van der Waals surface area contributed by atoms with Crippen LogP contribution in [-0.4, -0.2) is 22.2 Å². The molecule has 0 N–H and O–H groups in total. The minimum Gasteiger partial charge on any atom is -0.312 e. The topological polar surface area (TPSA) is 38.1 Å². The number of anilines is 1. The molecule has 0 bridgehead atoms. The Kier molecular flexibility index (Phi) is 4.70. The lowest BCUT2D eigenvalue weighted by atomic mass is 10.2. The monoisotopic (exact) mass is 323 g/mol. The van der Waals surface area contributed by atoms with Gasteiger partial charge in [-0.05, 0) is 48.9 Å². The van der Waals surface area contributed by atoms with Gasteiger partial charge in [-0.25, -0.2) is 9.07 Å². The molecular weight excluding hydrogens is 305 g/mol. The van der Waals surface area contributed by atoms with Gasteiger partial charge in [0.1, 0.15) is 5.82 Å². The molecule has 1 amide bonds. The van der Waals surface area contributed by atoms with E-state index in [0.29, 0.717) is 12.2 Å². The van der Waals surface area contributed by atoms with Crippen molar-refractivity contribution in [3.05, 3.63) is 78.4 Å². The van der Waals surface area contributed by atoms with Gasteiger partial charge in [0.2, 0.25) is 5.91 Å². The lowest BCUT2D eigenvalue weighted by Crippen LogP contribution is -2.31. The third-order valence-corrected chi connectivity index (χ3v) is 3.77. The molecule has 0 aliphatic heterocycles. The molecule has 0 unspecified atom stereocenters. The van der Waals surface area contributed by atoms with E-state index in [1.807, 2.05) is 43.5 Å². The van der Waals surface area contributed by atoms with E-state index in [9.17, 15) is 9.18 Å². The van der Waals surface area contributed by atoms with Crippen LogP contribution in [0, 0.1) is 5.82 Å². The van der Waals surface area contributed by atoms with E-state index in [1.54, 1.807) is 27.9 Å². The van der Waals surface area contributed by atoms with Gasteiger partial charge in [-0.3, -0.25) is 4.79 Å². The van der Waals surface area contributed by atoms with Crippen LogP contribution in [0.4, 0.5) is 10.1 Å². The summed E-state index contributed by atoms with van der Waals surface area (Å²) in [5.74, 6) is -0.358. The zero-order valence-electron chi connectivity index (χ0n) is 13.4. The second kappa shape index (κ2) is 7.08. The number of benzene rings is 2. The fourth-order valence-corrected chi connectivity index (χ4v) is 2.57. The average Bonchev–Trinajstić information content (AvgIpc) is 3.06. The molecule has 0 atom stereocenters. The number of aromatic nitrogens is 2. The zero-order valence-corrected chi connectivity index (χ0v) is 13.4. The average molecular weight is 323 g/mol. The Hall–Kier alpha value is -2.95. The minimum atomic E-state index is -0.314. The highest BCUT2D eigenvalue weighted by atomic mass is 19.1. The smallest absolute Gasteiger partial charge is 0.231 e. The minimum absolute atomic E-state index is 0.0447. The molecular formula is C19H18FN3O. The van der Waals surface area contributed by atoms with Crippen LogP contribution in [-0.2, 0) is 11.2 Å². The van der Waals surface area contributed by atoms with E-state index in [-0.39, 0.29) is 18.1 Å². The zero-order chi connectivity index (χ0) is 16.9. The van der Waals surface area contributed by atoms with E-state index in [0.717, 1.165) is 11.3 Å². The van der Waals surface area contributed by atoms with Crippen molar-refractivity contribution in [1.29, 1.82) is 0 Å². The van der Waals surface area contributed by atoms with E-state index in [4.69, 9.17) is 0 Å². The van der Waals surface area contributed by atoms with E-state index < -0.39 is 0 Å². The fourth-order valence-electron chi connectivity index (χ4n) is 2.57. The highest BCUT2D eigenvalue weighted by Gasteiger charge is 2.15. The van der Waals surface area contributed by atoms with Crippen LogP contribution in [0.3, 0.4) is 0 Å². The molecule has 1 aromatic heterocycles. The molecule has 3 rings (SSSR count). The first-order chi connectivity index (χ1) is 11.7. The molecule has 0 radical (unpaired) electrons. The molecule has 3 aromatic rings. The number of rotatable bonds is 5. The summed E-state index contributed by atoms with van der Waals surface area (Å²) in [5.41, 5.74) is 2.48. The van der Waals surface area contributed by atoms with Crippen molar-refractivity contribution in [1.82, 2.24) is 9.78 Å². The molecule has 0 aliphatic rings. The molecule has 5 heteroatoms. The van der Waals surface area contributed by atoms with Crippen molar-refractivity contribution in [2.24, 2.45) is 0 Å². The Morgan fingerprint density at radius 3 is 2.50 bits per heavy atom. The summed E-state index contributed by atoms with van der Waals surface area (Å²) < 4.78 is 14.8. The highest BCUT2D eigenvalue weighted by molar-refractivity contribution is 5.94. The Bertz CT molecular complexity index is 812. The summed E-state index contributed by atoms with van der Waals surface area (Å²) in [7, 11) is 0. The third kappa shape index (κ3) is 3.51. The number of para-hydroxylation sites is 1. The first kappa shape index (κ1) is 15.9. The second-order valence-electron chi connectivity index (χ2n) is 5.42. The second-order valence-corrected chi connectivity index (χ2v) is 5.42. The van der Waals surface area contributed by atoms with Crippen LogP contribution in [0.1, 0.15) is 12.5 Å². The number of hydrogen-bond donors (Lipinski definition) is 0. The molecule has 24 heavy (non-hydrogen) atoms. The molecule has 122 valence electrons. The molecule has 0 saturated heterocycles. The maximum Gasteiger partial charge on any atom is 0.231 e. The van der Waals surface area contributed by atoms with Crippen LogP contribution in [0.25, 0.3) is 5.69 Å². The molecule has 0 aliphatic carbocycles. The Morgan fingerprint density at radius 1 is 1.12 bits per heavy atom. The van der Waals surface area contributed by atoms with Crippen molar-refractivity contribution in [3.8, 4) is 5.69 Å². The maximum atomic E-state index is 13.1.